The lowest BCUT2D eigenvalue weighted by Crippen LogP contribution is -2.30. The van der Waals surface area contributed by atoms with Gasteiger partial charge in [-0.2, -0.15) is 4.58 Å². The zero-order valence-electron chi connectivity index (χ0n) is 19.5. The van der Waals surface area contributed by atoms with Gasteiger partial charge in [-0.05, 0) is 31.6 Å². The molecular formula is C28H29N2OS+. The number of hydrogen-bond donors (Lipinski definition) is 1. The van der Waals surface area contributed by atoms with Gasteiger partial charge in [0, 0.05) is 57.6 Å². The average Bonchev–Trinajstić information content (AvgIpc) is 3.09. The number of ketones is 1. The van der Waals surface area contributed by atoms with E-state index >= 15 is 0 Å². The summed E-state index contributed by atoms with van der Waals surface area (Å²) in [5.41, 5.74) is 8.22. The normalized spacial score (nSPS) is 23.2. The molecule has 0 unspecified atom stereocenters. The van der Waals surface area contributed by atoms with Crippen LogP contribution in [-0.2, 0) is 15.6 Å². The van der Waals surface area contributed by atoms with Gasteiger partial charge in [-0.15, -0.1) is 12.6 Å². The fraction of sp³-hybridized carbons (Fsp3) is 0.286. The zero-order chi connectivity index (χ0) is 23.0. The van der Waals surface area contributed by atoms with Crippen LogP contribution in [0.5, 0.6) is 0 Å². The van der Waals surface area contributed by atoms with Gasteiger partial charge in [0.2, 0.25) is 5.69 Å². The molecule has 4 heteroatoms. The van der Waals surface area contributed by atoms with Crippen LogP contribution in [0.15, 0.2) is 82.4 Å². The molecule has 0 saturated carbocycles. The Hall–Kier alpha value is -2.85. The number of thiol groups is 1. The van der Waals surface area contributed by atoms with E-state index in [1.165, 1.54) is 22.5 Å². The quantitative estimate of drug-likeness (QED) is 0.367. The van der Waals surface area contributed by atoms with Crippen molar-refractivity contribution in [1.29, 1.82) is 0 Å². The van der Waals surface area contributed by atoms with Gasteiger partial charge in [-0.1, -0.05) is 50.2 Å². The third-order valence-corrected chi connectivity index (χ3v) is 7.92. The monoisotopic (exact) mass is 441 g/mol. The number of rotatable bonds is 2. The molecule has 32 heavy (non-hydrogen) atoms. The van der Waals surface area contributed by atoms with Gasteiger partial charge in [0.1, 0.15) is 7.05 Å². The summed E-state index contributed by atoms with van der Waals surface area (Å²) >= 11 is 4.77. The van der Waals surface area contributed by atoms with Crippen molar-refractivity contribution in [2.45, 2.75) is 38.5 Å². The van der Waals surface area contributed by atoms with Crippen LogP contribution in [0.3, 0.4) is 0 Å². The number of fused-ring (bicyclic) bond motifs is 2. The van der Waals surface area contributed by atoms with Crippen molar-refractivity contribution in [3.8, 4) is 0 Å². The van der Waals surface area contributed by atoms with Crippen molar-refractivity contribution in [2.75, 3.05) is 19.0 Å². The molecule has 0 bridgehead atoms. The van der Waals surface area contributed by atoms with Gasteiger partial charge in [0.05, 0.1) is 5.41 Å². The number of anilines is 1. The predicted molar refractivity (Wildman–Crippen MR) is 135 cm³/mol. The molecule has 0 saturated heterocycles. The Morgan fingerprint density at radius 1 is 0.906 bits per heavy atom. The van der Waals surface area contributed by atoms with Crippen molar-refractivity contribution in [3.05, 3.63) is 93.6 Å². The maximum atomic E-state index is 13.3. The summed E-state index contributed by atoms with van der Waals surface area (Å²) in [4.78, 5) is 16.2. The largest absolute Gasteiger partial charge is 0.347 e. The molecule has 0 atom stereocenters. The molecule has 2 aromatic carbocycles. The van der Waals surface area contributed by atoms with Crippen LogP contribution >= 0.6 is 12.6 Å². The van der Waals surface area contributed by atoms with Crippen LogP contribution in [0.1, 0.15) is 38.8 Å². The third kappa shape index (κ3) is 2.69. The highest BCUT2D eigenvalue weighted by Gasteiger charge is 2.45. The Morgan fingerprint density at radius 2 is 1.53 bits per heavy atom. The summed E-state index contributed by atoms with van der Waals surface area (Å²) in [5.74, 6) is 0.0651. The molecule has 5 rings (SSSR count). The lowest BCUT2D eigenvalue weighted by Gasteiger charge is -2.27. The van der Waals surface area contributed by atoms with E-state index < -0.39 is 0 Å². The van der Waals surface area contributed by atoms with E-state index in [4.69, 9.17) is 12.6 Å². The molecule has 3 aliphatic rings. The lowest BCUT2D eigenvalue weighted by molar-refractivity contribution is -0.401. The first kappa shape index (κ1) is 21.0. The highest BCUT2D eigenvalue weighted by atomic mass is 32.1. The van der Waals surface area contributed by atoms with Crippen LogP contribution in [0, 0.1) is 0 Å². The van der Waals surface area contributed by atoms with Crippen molar-refractivity contribution >= 4 is 35.5 Å². The average molecular weight is 442 g/mol. The number of benzene rings is 2. The summed E-state index contributed by atoms with van der Waals surface area (Å²) in [6.07, 6.45) is 4.07. The van der Waals surface area contributed by atoms with E-state index in [1.807, 2.05) is 12.2 Å². The van der Waals surface area contributed by atoms with Gasteiger partial charge in [-0.25, -0.2) is 0 Å². The Kier molecular flexibility index (Phi) is 4.48. The molecule has 0 spiro atoms. The second kappa shape index (κ2) is 6.82. The maximum Gasteiger partial charge on any atom is 0.209 e. The van der Waals surface area contributed by atoms with E-state index in [1.54, 1.807) is 0 Å². The molecule has 162 valence electrons. The van der Waals surface area contributed by atoms with Crippen molar-refractivity contribution in [1.82, 2.24) is 0 Å². The number of carbonyl (C=O) groups is 1. The van der Waals surface area contributed by atoms with Gasteiger partial charge < -0.3 is 4.90 Å². The molecule has 1 aliphatic carbocycles. The van der Waals surface area contributed by atoms with Crippen LogP contribution in [0.2, 0.25) is 0 Å². The number of allylic oxidation sites excluding steroid dienone is 5. The Morgan fingerprint density at radius 3 is 2.16 bits per heavy atom. The lowest BCUT2D eigenvalue weighted by atomic mass is 9.78. The van der Waals surface area contributed by atoms with Crippen molar-refractivity contribution in [3.63, 3.8) is 0 Å². The van der Waals surface area contributed by atoms with Gasteiger partial charge >= 0.3 is 0 Å². The Bertz CT molecular complexity index is 1320. The highest BCUT2D eigenvalue weighted by molar-refractivity contribution is 7.85. The molecule has 2 aliphatic heterocycles. The summed E-state index contributed by atoms with van der Waals surface area (Å²) in [6, 6.07) is 16.9. The van der Waals surface area contributed by atoms with E-state index in [0.717, 1.165) is 16.3 Å². The Labute approximate surface area is 195 Å². The summed E-state index contributed by atoms with van der Waals surface area (Å²) in [5, 5.41) is 0. The maximum absolute atomic E-state index is 13.3. The topological polar surface area (TPSA) is 23.3 Å². The first-order chi connectivity index (χ1) is 15.1. The fourth-order valence-corrected chi connectivity index (χ4v) is 5.83. The van der Waals surface area contributed by atoms with E-state index in [0.29, 0.717) is 11.1 Å². The number of para-hydroxylation sites is 2. The first-order valence-corrected chi connectivity index (χ1v) is 11.5. The smallest absolute Gasteiger partial charge is 0.209 e. The van der Waals surface area contributed by atoms with Gasteiger partial charge in [-0.3, -0.25) is 4.79 Å². The van der Waals surface area contributed by atoms with E-state index in [2.05, 4.69) is 99.8 Å². The second-order valence-electron chi connectivity index (χ2n) is 9.97. The zero-order valence-corrected chi connectivity index (χ0v) is 20.4. The van der Waals surface area contributed by atoms with Gasteiger partial charge in [0.15, 0.2) is 11.5 Å². The molecular weight excluding hydrogens is 412 g/mol. The van der Waals surface area contributed by atoms with E-state index in [9.17, 15) is 4.79 Å². The molecule has 2 heterocycles. The third-order valence-electron chi connectivity index (χ3n) is 7.44. The first-order valence-electron chi connectivity index (χ1n) is 11.0. The minimum atomic E-state index is -0.170. The van der Waals surface area contributed by atoms with Crippen LogP contribution in [-0.4, -0.2) is 30.2 Å². The minimum Gasteiger partial charge on any atom is -0.347 e. The minimum absolute atomic E-state index is 0.0651. The van der Waals surface area contributed by atoms with Crippen molar-refractivity contribution in [2.24, 2.45) is 0 Å². The van der Waals surface area contributed by atoms with Crippen molar-refractivity contribution < 1.29 is 9.37 Å². The summed E-state index contributed by atoms with van der Waals surface area (Å²) in [6.45, 7) is 8.84. The highest BCUT2D eigenvalue weighted by Crippen LogP contribution is 2.48. The van der Waals surface area contributed by atoms with Crippen LogP contribution in [0.4, 0.5) is 11.4 Å². The van der Waals surface area contributed by atoms with Gasteiger partial charge in [0.25, 0.3) is 0 Å². The number of carbonyl (C=O) groups excluding carboxylic acids is 1. The Balaban J connectivity index is 1.55. The molecule has 2 aromatic rings. The molecule has 0 amide bonds. The summed E-state index contributed by atoms with van der Waals surface area (Å²) < 4.78 is 2.19. The molecule has 3 nitrogen and oxygen atoms in total. The molecule has 0 aromatic heterocycles. The van der Waals surface area contributed by atoms with Crippen LogP contribution in [0.25, 0.3) is 0 Å². The predicted octanol–water partition coefficient (Wildman–Crippen LogP) is 5.70. The fourth-order valence-electron chi connectivity index (χ4n) is 5.50. The molecule has 0 radical (unpaired) electrons. The second-order valence-corrected chi connectivity index (χ2v) is 10.4. The standard InChI is InChI=1S/C28H28N2OS/c1-27(2)19-11-7-9-13-21(19)29(5)23(27)15-17-25(31)18(26(17)32)16-24-28(3,4)20-12-8-10-14-22(20)30(24)6/h7-16H,1-6H3/p+1. The molecule has 0 N–H and O–H groups in total. The van der Waals surface area contributed by atoms with Crippen LogP contribution < -0.4 is 4.90 Å². The molecule has 0 fully saturated rings. The SMILES string of the molecule is CN1/C(=C/C2=C(S)C(=C/C3=[N+](C)c4ccccc4C3(C)C)/C2=O)C(C)(C)c2ccccc21. The number of nitrogens with zero attached hydrogens (tertiary/aromatic N) is 2. The van der Waals surface area contributed by atoms with E-state index in [-0.39, 0.29) is 16.6 Å². The number of Topliss-reactive ketones (excluding diaryl/α,β-unsaturated/α-hetero) is 1. The number of hydrogen-bond acceptors (Lipinski definition) is 3. The summed E-state index contributed by atoms with van der Waals surface area (Å²) in [7, 11) is 4.14. The number of likely N-dealkylation sites (N-methyl/N-ethyl adjacent to an activating group) is 1.